The average molecular weight is 426 g/mol. The molecule has 1 atom stereocenters. The third-order valence-corrected chi connectivity index (χ3v) is 6.72. The highest BCUT2D eigenvalue weighted by atomic mass is 35.5. The Morgan fingerprint density at radius 3 is 2.50 bits per heavy atom. The van der Waals surface area contributed by atoms with E-state index in [1.807, 2.05) is 18.2 Å². The fourth-order valence-electron chi connectivity index (χ4n) is 4.59. The lowest BCUT2D eigenvalue weighted by Gasteiger charge is -2.32. The van der Waals surface area contributed by atoms with Crippen LogP contribution >= 0.6 is 11.6 Å². The molecule has 2 aliphatic rings. The van der Waals surface area contributed by atoms with Crippen LogP contribution in [0.15, 0.2) is 48.5 Å². The number of carbonyl (C=O) groups is 1. The Labute approximate surface area is 185 Å². The van der Waals surface area contributed by atoms with Gasteiger partial charge >= 0.3 is 0 Å². The average Bonchev–Trinajstić information content (AvgIpc) is 2.80. The molecule has 160 valence electrons. The summed E-state index contributed by atoms with van der Waals surface area (Å²) in [6, 6.07) is 16.7. The number of piperidine rings is 2. The Hall–Kier alpha value is -2.04. The number of nitrogens with zero attached hydrogens (tertiary/aromatic N) is 2. The smallest absolute Gasteiger partial charge is 0.224 e. The normalized spacial score (nSPS) is 20.2. The Morgan fingerprint density at radius 2 is 1.73 bits per heavy atom. The first-order valence-corrected chi connectivity index (χ1v) is 11.6. The summed E-state index contributed by atoms with van der Waals surface area (Å²) in [5, 5.41) is 3.96. The minimum Gasteiger partial charge on any atom is -0.372 e. The van der Waals surface area contributed by atoms with Gasteiger partial charge in [0.05, 0.1) is 5.92 Å². The summed E-state index contributed by atoms with van der Waals surface area (Å²) in [6.07, 6.45) is 5.92. The maximum atomic E-state index is 12.8. The van der Waals surface area contributed by atoms with E-state index in [4.69, 9.17) is 11.6 Å². The number of nitrogens with one attached hydrogen (secondary N) is 1. The van der Waals surface area contributed by atoms with Crippen molar-refractivity contribution in [3.63, 3.8) is 0 Å². The zero-order valence-corrected chi connectivity index (χ0v) is 18.4. The van der Waals surface area contributed by atoms with Crippen molar-refractivity contribution in [1.82, 2.24) is 10.2 Å². The van der Waals surface area contributed by atoms with Crippen LogP contribution in [-0.4, -0.2) is 37.0 Å². The second-order valence-corrected chi connectivity index (χ2v) is 9.00. The van der Waals surface area contributed by atoms with Crippen LogP contribution in [-0.2, 0) is 17.9 Å². The van der Waals surface area contributed by atoms with Gasteiger partial charge < -0.3 is 10.2 Å². The van der Waals surface area contributed by atoms with E-state index in [9.17, 15) is 4.79 Å². The zero-order valence-electron chi connectivity index (χ0n) is 17.7. The first-order chi connectivity index (χ1) is 14.7. The van der Waals surface area contributed by atoms with Gasteiger partial charge in [0, 0.05) is 43.4 Å². The maximum absolute atomic E-state index is 12.8. The molecule has 2 aromatic carbocycles. The van der Waals surface area contributed by atoms with E-state index < -0.39 is 0 Å². The highest BCUT2D eigenvalue weighted by Crippen LogP contribution is 2.23. The van der Waals surface area contributed by atoms with E-state index in [2.05, 4.69) is 45.4 Å². The molecule has 4 nitrogen and oxygen atoms in total. The van der Waals surface area contributed by atoms with Crippen LogP contribution in [0.4, 0.5) is 5.69 Å². The van der Waals surface area contributed by atoms with E-state index >= 15 is 0 Å². The number of halogens is 1. The van der Waals surface area contributed by atoms with Crippen molar-refractivity contribution in [2.24, 2.45) is 5.92 Å². The summed E-state index contributed by atoms with van der Waals surface area (Å²) < 4.78 is 0. The third kappa shape index (κ3) is 5.55. The largest absolute Gasteiger partial charge is 0.372 e. The predicted molar refractivity (Wildman–Crippen MR) is 124 cm³/mol. The summed E-state index contributed by atoms with van der Waals surface area (Å²) >= 11 is 6.31. The van der Waals surface area contributed by atoms with E-state index in [1.165, 1.54) is 24.9 Å². The van der Waals surface area contributed by atoms with Crippen molar-refractivity contribution in [2.75, 3.05) is 31.1 Å². The van der Waals surface area contributed by atoms with Crippen LogP contribution in [0.2, 0.25) is 5.02 Å². The fraction of sp³-hybridized carbons (Fsp3) is 0.480. The van der Waals surface area contributed by atoms with Crippen LogP contribution in [0.25, 0.3) is 0 Å². The molecule has 0 aliphatic carbocycles. The third-order valence-electron chi connectivity index (χ3n) is 6.35. The van der Waals surface area contributed by atoms with Crippen LogP contribution in [0.5, 0.6) is 0 Å². The van der Waals surface area contributed by atoms with Crippen LogP contribution in [0.3, 0.4) is 0 Å². The Morgan fingerprint density at radius 1 is 0.967 bits per heavy atom. The van der Waals surface area contributed by atoms with Gasteiger partial charge in [0.1, 0.15) is 0 Å². The van der Waals surface area contributed by atoms with Crippen molar-refractivity contribution in [2.45, 2.75) is 45.2 Å². The SMILES string of the molecule is O=C(NCc1ccc(N2CCCCC2)cc1)C1CCCN(Cc2ccccc2Cl)C1. The number of amides is 1. The summed E-state index contributed by atoms with van der Waals surface area (Å²) in [7, 11) is 0. The zero-order chi connectivity index (χ0) is 20.8. The molecule has 0 saturated carbocycles. The van der Waals surface area contributed by atoms with Crippen molar-refractivity contribution < 1.29 is 4.79 Å². The van der Waals surface area contributed by atoms with Gasteiger partial charge in [-0.15, -0.1) is 0 Å². The van der Waals surface area contributed by atoms with E-state index in [0.29, 0.717) is 6.54 Å². The van der Waals surface area contributed by atoms with Gasteiger partial charge in [0.25, 0.3) is 0 Å². The Bertz CT molecular complexity index is 833. The number of benzene rings is 2. The molecular weight excluding hydrogens is 394 g/mol. The monoisotopic (exact) mass is 425 g/mol. The second-order valence-electron chi connectivity index (χ2n) is 8.60. The molecule has 5 heteroatoms. The molecule has 0 spiro atoms. The summed E-state index contributed by atoms with van der Waals surface area (Å²) in [6.45, 7) is 5.53. The number of likely N-dealkylation sites (tertiary alicyclic amines) is 1. The van der Waals surface area contributed by atoms with Crippen molar-refractivity contribution in [3.05, 3.63) is 64.7 Å². The number of rotatable bonds is 6. The molecule has 2 aliphatic heterocycles. The lowest BCUT2D eigenvalue weighted by Crippen LogP contribution is -2.42. The molecule has 2 aromatic rings. The molecule has 4 rings (SSSR count). The Kier molecular flexibility index (Phi) is 7.29. The molecule has 2 saturated heterocycles. The molecule has 30 heavy (non-hydrogen) atoms. The molecule has 2 heterocycles. The minimum absolute atomic E-state index is 0.0499. The van der Waals surface area contributed by atoms with E-state index in [-0.39, 0.29) is 11.8 Å². The predicted octanol–water partition coefficient (Wildman–Crippen LogP) is 4.86. The van der Waals surface area contributed by atoms with E-state index in [1.54, 1.807) is 0 Å². The van der Waals surface area contributed by atoms with Gasteiger partial charge in [-0.25, -0.2) is 0 Å². The van der Waals surface area contributed by atoms with Crippen LogP contribution < -0.4 is 10.2 Å². The van der Waals surface area contributed by atoms with Gasteiger partial charge in [-0.2, -0.15) is 0 Å². The fourth-order valence-corrected chi connectivity index (χ4v) is 4.79. The van der Waals surface area contributed by atoms with Gasteiger partial charge in [0.15, 0.2) is 0 Å². The number of hydrogen-bond donors (Lipinski definition) is 1. The quantitative estimate of drug-likeness (QED) is 0.717. The topological polar surface area (TPSA) is 35.6 Å². The lowest BCUT2D eigenvalue weighted by atomic mass is 9.96. The standard InChI is InChI=1S/C25H32ClN3O/c26-24-9-3-2-7-21(24)18-28-14-6-8-22(19-28)25(30)27-17-20-10-12-23(13-11-20)29-15-4-1-5-16-29/h2-3,7,9-13,22H,1,4-6,8,14-19H2,(H,27,30). The molecule has 1 amide bonds. The van der Waals surface area contributed by atoms with E-state index in [0.717, 1.165) is 61.7 Å². The number of anilines is 1. The molecule has 0 radical (unpaired) electrons. The molecule has 1 unspecified atom stereocenters. The second kappa shape index (κ2) is 10.3. The van der Waals surface area contributed by atoms with Crippen LogP contribution in [0.1, 0.15) is 43.2 Å². The van der Waals surface area contributed by atoms with Crippen molar-refractivity contribution in [1.29, 1.82) is 0 Å². The molecule has 1 N–H and O–H groups in total. The lowest BCUT2D eigenvalue weighted by molar-refractivity contribution is -0.126. The molecular formula is C25H32ClN3O. The number of hydrogen-bond acceptors (Lipinski definition) is 3. The maximum Gasteiger partial charge on any atom is 0.224 e. The van der Waals surface area contributed by atoms with Gasteiger partial charge in [-0.3, -0.25) is 9.69 Å². The molecule has 0 aromatic heterocycles. The Balaban J connectivity index is 1.26. The minimum atomic E-state index is 0.0499. The summed E-state index contributed by atoms with van der Waals surface area (Å²) in [5.41, 5.74) is 3.59. The number of carbonyl (C=O) groups excluding carboxylic acids is 1. The molecule has 2 fully saturated rings. The van der Waals surface area contributed by atoms with Crippen molar-refractivity contribution in [3.8, 4) is 0 Å². The van der Waals surface area contributed by atoms with Gasteiger partial charge in [-0.05, 0) is 68.0 Å². The van der Waals surface area contributed by atoms with Gasteiger partial charge in [-0.1, -0.05) is 41.9 Å². The van der Waals surface area contributed by atoms with Crippen molar-refractivity contribution >= 4 is 23.2 Å². The summed E-state index contributed by atoms with van der Waals surface area (Å²) in [5.74, 6) is 0.216. The highest BCUT2D eigenvalue weighted by molar-refractivity contribution is 6.31. The first kappa shape index (κ1) is 21.2. The highest BCUT2D eigenvalue weighted by Gasteiger charge is 2.26. The first-order valence-electron chi connectivity index (χ1n) is 11.3. The van der Waals surface area contributed by atoms with Gasteiger partial charge in [0.2, 0.25) is 5.91 Å². The van der Waals surface area contributed by atoms with Crippen LogP contribution in [0, 0.1) is 5.92 Å². The molecule has 0 bridgehead atoms. The summed E-state index contributed by atoms with van der Waals surface area (Å²) in [4.78, 5) is 17.6.